The van der Waals surface area contributed by atoms with Crippen LogP contribution in [0.2, 0.25) is 15.1 Å². The van der Waals surface area contributed by atoms with Gasteiger partial charge in [0, 0.05) is 38.3 Å². The minimum absolute atomic E-state index is 0.106. The summed E-state index contributed by atoms with van der Waals surface area (Å²) in [6.07, 6.45) is -2.17. The molecule has 0 aliphatic carbocycles. The molecule has 1 saturated heterocycles. The summed E-state index contributed by atoms with van der Waals surface area (Å²) in [4.78, 5) is 22.6. The smallest absolute Gasteiger partial charge is 0.370 e. The van der Waals surface area contributed by atoms with Crippen LogP contribution in [0.5, 0.6) is 0 Å². The summed E-state index contributed by atoms with van der Waals surface area (Å²) >= 11 is 20.9. The molecule has 2 aromatic carbocycles. The molecule has 1 fully saturated rings. The first-order valence-electron chi connectivity index (χ1n) is 11.9. The first-order valence-corrected chi connectivity index (χ1v) is 13.9. The number of hydrogen-bond donors (Lipinski definition) is 2. The third kappa shape index (κ3) is 5.77. The Morgan fingerprint density at radius 2 is 2.00 bits per heavy atom. The molecule has 3 heterocycles. The van der Waals surface area contributed by atoms with Gasteiger partial charge in [0.1, 0.15) is 0 Å². The number of rotatable bonds is 6. The van der Waals surface area contributed by atoms with Gasteiger partial charge in [-0.15, -0.1) is 11.3 Å². The Morgan fingerprint density at radius 1 is 1.21 bits per heavy atom. The monoisotopic (exact) mass is 616 g/mol. The van der Waals surface area contributed by atoms with Crippen molar-refractivity contribution in [3.8, 4) is 0 Å². The molecule has 0 bridgehead atoms. The van der Waals surface area contributed by atoms with E-state index in [0.717, 1.165) is 0 Å². The Morgan fingerprint density at radius 3 is 2.72 bits per heavy atom. The van der Waals surface area contributed by atoms with Gasteiger partial charge in [0.05, 0.1) is 43.4 Å². The number of piperidine rings is 1. The second-order valence-electron chi connectivity index (χ2n) is 9.15. The molecule has 5 rings (SSSR count). The standard InChI is InChI=1S/C25H22Cl3F3N6OS/c1-36-19-10-18(37-7-2-3-14(12-37)25(29,30)31)16(27)9-17(19)34-24(36)35-21-15(26)5-4-13(20(21)28)11-33-22(38)23-32-6-8-39-23/h4-6,8-10,14H,2-3,7,11-12H2,1H3,(H,33,38)(H,34,35). The molecule has 2 aromatic heterocycles. The molecule has 1 aliphatic rings. The first-order chi connectivity index (χ1) is 18.5. The molecule has 4 aromatic rings. The van der Waals surface area contributed by atoms with Crippen LogP contribution in [0.4, 0.5) is 30.5 Å². The van der Waals surface area contributed by atoms with Crippen LogP contribution < -0.4 is 15.5 Å². The Balaban J connectivity index is 1.40. The number of nitrogens with one attached hydrogen (secondary N) is 2. The second kappa shape index (κ2) is 11.0. The maximum atomic E-state index is 13.4. The number of amides is 1. The fourth-order valence-electron chi connectivity index (χ4n) is 4.56. The van der Waals surface area contributed by atoms with Gasteiger partial charge in [-0.2, -0.15) is 13.2 Å². The van der Waals surface area contributed by atoms with Crippen molar-refractivity contribution in [3.63, 3.8) is 0 Å². The van der Waals surface area contributed by atoms with Crippen molar-refractivity contribution < 1.29 is 18.0 Å². The van der Waals surface area contributed by atoms with Gasteiger partial charge in [0.2, 0.25) is 5.95 Å². The van der Waals surface area contributed by atoms with E-state index in [0.29, 0.717) is 67.0 Å². The predicted molar refractivity (Wildman–Crippen MR) is 150 cm³/mol. The number of anilines is 3. The van der Waals surface area contributed by atoms with Crippen molar-refractivity contribution in [2.24, 2.45) is 13.0 Å². The van der Waals surface area contributed by atoms with E-state index < -0.39 is 12.1 Å². The molecular weight excluding hydrogens is 596 g/mol. The Labute approximate surface area is 240 Å². The molecule has 39 heavy (non-hydrogen) atoms. The topological polar surface area (TPSA) is 75.1 Å². The highest BCUT2D eigenvalue weighted by atomic mass is 35.5. The van der Waals surface area contributed by atoms with Crippen LogP contribution in [0, 0.1) is 5.92 Å². The Kier molecular flexibility index (Phi) is 7.87. The summed E-state index contributed by atoms with van der Waals surface area (Å²) in [6.45, 7) is 0.492. The van der Waals surface area contributed by atoms with Gasteiger partial charge in [-0.3, -0.25) is 4.79 Å². The van der Waals surface area contributed by atoms with E-state index in [-0.39, 0.29) is 25.4 Å². The number of fused-ring (bicyclic) bond motifs is 1. The van der Waals surface area contributed by atoms with Crippen LogP contribution in [-0.4, -0.2) is 39.7 Å². The zero-order valence-electron chi connectivity index (χ0n) is 20.5. The zero-order valence-corrected chi connectivity index (χ0v) is 23.5. The van der Waals surface area contributed by atoms with E-state index in [1.165, 1.54) is 11.3 Å². The summed E-state index contributed by atoms with van der Waals surface area (Å²) in [5.74, 6) is -1.31. The van der Waals surface area contributed by atoms with Gasteiger partial charge in [0.15, 0.2) is 5.01 Å². The molecule has 1 atom stereocenters. The molecule has 0 spiro atoms. The lowest BCUT2D eigenvalue weighted by molar-refractivity contribution is -0.175. The number of alkyl halides is 3. The third-order valence-electron chi connectivity index (χ3n) is 6.65. The SMILES string of the molecule is Cn1c(Nc2c(Cl)ccc(CNC(=O)c3nccs3)c2Cl)nc2cc(Cl)c(N3CCCC(C(F)(F)F)C3)cc21. The molecule has 1 amide bonds. The summed E-state index contributed by atoms with van der Waals surface area (Å²) < 4.78 is 41.9. The predicted octanol–water partition coefficient (Wildman–Crippen LogP) is 7.44. The number of thiazole rings is 1. The van der Waals surface area contributed by atoms with Crippen molar-refractivity contribution >= 4 is 80.4 Å². The number of aryl methyl sites for hydroxylation is 1. The molecule has 14 heteroatoms. The Bertz CT molecular complexity index is 1530. The van der Waals surface area contributed by atoms with Gasteiger partial charge < -0.3 is 20.1 Å². The number of halogens is 6. The number of hydrogen-bond acceptors (Lipinski definition) is 6. The highest BCUT2D eigenvalue weighted by Gasteiger charge is 2.42. The van der Waals surface area contributed by atoms with Gasteiger partial charge in [0.25, 0.3) is 5.91 Å². The molecule has 0 radical (unpaired) electrons. The largest absolute Gasteiger partial charge is 0.393 e. The maximum absolute atomic E-state index is 13.4. The quantitative estimate of drug-likeness (QED) is 0.235. The Hall–Kier alpha value is -2.73. The average molecular weight is 618 g/mol. The van der Waals surface area contributed by atoms with Gasteiger partial charge >= 0.3 is 6.18 Å². The van der Waals surface area contributed by atoms with Crippen molar-refractivity contribution in [1.29, 1.82) is 0 Å². The van der Waals surface area contributed by atoms with E-state index in [9.17, 15) is 18.0 Å². The van der Waals surface area contributed by atoms with E-state index >= 15 is 0 Å². The number of benzene rings is 2. The van der Waals surface area contributed by atoms with Crippen molar-refractivity contribution in [1.82, 2.24) is 19.9 Å². The normalized spacial score (nSPS) is 16.1. The van der Waals surface area contributed by atoms with Crippen LogP contribution in [0.3, 0.4) is 0 Å². The van der Waals surface area contributed by atoms with Crippen LogP contribution in [-0.2, 0) is 13.6 Å². The van der Waals surface area contributed by atoms with Crippen LogP contribution in [0.15, 0.2) is 35.8 Å². The van der Waals surface area contributed by atoms with E-state index in [4.69, 9.17) is 34.8 Å². The molecule has 7 nitrogen and oxygen atoms in total. The van der Waals surface area contributed by atoms with Gasteiger partial charge in [-0.05, 0) is 36.6 Å². The van der Waals surface area contributed by atoms with E-state index in [1.54, 1.807) is 52.4 Å². The third-order valence-corrected chi connectivity index (χ3v) is 8.47. The van der Waals surface area contributed by atoms with Crippen LogP contribution >= 0.6 is 46.1 Å². The lowest BCUT2D eigenvalue weighted by Gasteiger charge is -2.35. The van der Waals surface area contributed by atoms with Gasteiger partial charge in [-0.1, -0.05) is 40.9 Å². The molecule has 1 aliphatic heterocycles. The summed E-state index contributed by atoms with van der Waals surface area (Å²) in [7, 11) is 1.77. The minimum atomic E-state index is -4.25. The van der Waals surface area contributed by atoms with Crippen molar-refractivity contribution in [2.45, 2.75) is 25.6 Å². The lowest BCUT2D eigenvalue weighted by Crippen LogP contribution is -2.41. The van der Waals surface area contributed by atoms with Crippen molar-refractivity contribution in [3.05, 3.63) is 61.5 Å². The number of aromatic nitrogens is 3. The molecule has 1 unspecified atom stereocenters. The highest BCUT2D eigenvalue weighted by Crippen LogP contribution is 2.40. The highest BCUT2D eigenvalue weighted by molar-refractivity contribution is 7.11. The zero-order chi connectivity index (χ0) is 27.9. The fourth-order valence-corrected chi connectivity index (χ4v) is 5.93. The number of carbonyl (C=O) groups is 1. The van der Waals surface area contributed by atoms with Crippen LogP contribution in [0.25, 0.3) is 11.0 Å². The fraction of sp³-hybridized carbons (Fsp3) is 0.320. The average Bonchev–Trinajstić information content (AvgIpc) is 3.53. The summed E-state index contributed by atoms with van der Waals surface area (Å²) in [5.41, 5.74) is 2.78. The minimum Gasteiger partial charge on any atom is -0.370 e. The lowest BCUT2D eigenvalue weighted by atomic mass is 9.97. The number of carbonyl (C=O) groups excluding carboxylic acids is 1. The van der Waals surface area contributed by atoms with Crippen molar-refractivity contribution in [2.75, 3.05) is 23.3 Å². The van der Waals surface area contributed by atoms with Gasteiger partial charge in [-0.25, -0.2) is 9.97 Å². The maximum Gasteiger partial charge on any atom is 0.393 e. The molecule has 206 valence electrons. The first kappa shape index (κ1) is 27.8. The second-order valence-corrected chi connectivity index (χ2v) is 11.2. The summed E-state index contributed by atoms with van der Waals surface area (Å²) in [6, 6.07) is 6.77. The van der Waals surface area contributed by atoms with Crippen LogP contribution in [0.1, 0.15) is 28.2 Å². The van der Waals surface area contributed by atoms with E-state index in [2.05, 4.69) is 20.6 Å². The summed E-state index contributed by atoms with van der Waals surface area (Å²) in [5, 5.41) is 8.97. The number of nitrogens with zero attached hydrogens (tertiary/aromatic N) is 4. The molecular formula is C25H22Cl3F3N6OS. The molecule has 0 saturated carbocycles. The number of imidazole rings is 1. The van der Waals surface area contributed by atoms with E-state index in [1.807, 2.05) is 0 Å². The molecule has 2 N–H and O–H groups in total.